The lowest BCUT2D eigenvalue weighted by Gasteiger charge is -2.03. The third-order valence-electron chi connectivity index (χ3n) is 2.91. The number of carboxylic acid groups (broad SMARTS) is 1. The van der Waals surface area contributed by atoms with E-state index in [0.717, 1.165) is 0 Å². The standard InChI is InChI=1S/C10H9N5O3/c16-9(4-1-5(4)10(17)18)15-8-6-7(12-2-11-6)13-3-14-8/h2-5H,1H2,(H,17,18)(H2,11,12,13,14,15,16). The molecule has 0 bridgehead atoms. The molecule has 1 aliphatic carbocycles. The number of hydrogen-bond acceptors (Lipinski definition) is 5. The van der Waals surface area contributed by atoms with E-state index in [1.807, 2.05) is 0 Å². The van der Waals surface area contributed by atoms with E-state index in [2.05, 4.69) is 25.3 Å². The number of H-pyrrole nitrogens is 1. The van der Waals surface area contributed by atoms with Gasteiger partial charge in [0.25, 0.3) is 0 Å². The first-order valence-corrected chi connectivity index (χ1v) is 5.34. The zero-order valence-electron chi connectivity index (χ0n) is 9.12. The molecule has 18 heavy (non-hydrogen) atoms. The second kappa shape index (κ2) is 3.76. The minimum atomic E-state index is -0.940. The molecule has 2 heterocycles. The molecule has 1 fully saturated rings. The van der Waals surface area contributed by atoms with Crippen molar-refractivity contribution in [3.05, 3.63) is 12.7 Å². The monoisotopic (exact) mass is 247 g/mol. The minimum Gasteiger partial charge on any atom is -0.481 e. The summed E-state index contributed by atoms with van der Waals surface area (Å²) >= 11 is 0. The molecule has 0 spiro atoms. The van der Waals surface area contributed by atoms with Crippen molar-refractivity contribution in [3.8, 4) is 0 Å². The topological polar surface area (TPSA) is 121 Å². The van der Waals surface area contributed by atoms with Crippen molar-refractivity contribution < 1.29 is 14.7 Å². The molecule has 92 valence electrons. The normalized spacial score (nSPS) is 21.8. The van der Waals surface area contributed by atoms with Crippen LogP contribution >= 0.6 is 0 Å². The Morgan fingerprint density at radius 2 is 2.17 bits per heavy atom. The maximum atomic E-state index is 11.8. The van der Waals surface area contributed by atoms with Crippen LogP contribution in [0.4, 0.5) is 5.82 Å². The number of aromatic nitrogens is 4. The molecular weight excluding hydrogens is 238 g/mol. The van der Waals surface area contributed by atoms with Gasteiger partial charge in [0.05, 0.1) is 18.2 Å². The zero-order chi connectivity index (χ0) is 12.7. The summed E-state index contributed by atoms with van der Waals surface area (Å²) in [5.41, 5.74) is 0.976. The Morgan fingerprint density at radius 1 is 1.33 bits per heavy atom. The Labute approximate surface area is 100 Å². The highest BCUT2D eigenvalue weighted by Crippen LogP contribution is 2.39. The van der Waals surface area contributed by atoms with Crippen LogP contribution in [0.1, 0.15) is 6.42 Å². The molecule has 2 unspecified atom stereocenters. The largest absolute Gasteiger partial charge is 0.481 e. The molecule has 0 aliphatic heterocycles. The molecule has 0 saturated heterocycles. The van der Waals surface area contributed by atoms with Crippen LogP contribution in [0.2, 0.25) is 0 Å². The van der Waals surface area contributed by atoms with Crippen molar-refractivity contribution in [1.82, 2.24) is 19.9 Å². The number of amides is 1. The number of hydrogen-bond donors (Lipinski definition) is 3. The predicted molar refractivity (Wildman–Crippen MR) is 59.5 cm³/mol. The van der Waals surface area contributed by atoms with E-state index in [-0.39, 0.29) is 5.91 Å². The molecule has 2 aromatic heterocycles. The predicted octanol–water partition coefficient (Wildman–Crippen LogP) is 0.0121. The Bertz CT molecular complexity index is 637. The number of aromatic amines is 1. The van der Waals surface area contributed by atoms with Crippen LogP contribution in [0, 0.1) is 11.8 Å². The number of imidazole rings is 1. The minimum absolute atomic E-state index is 0.318. The Balaban J connectivity index is 1.79. The molecule has 3 rings (SSSR count). The Morgan fingerprint density at radius 3 is 2.89 bits per heavy atom. The summed E-state index contributed by atoms with van der Waals surface area (Å²) in [5.74, 6) is -2.01. The van der Waals surface area contributed by atoms with E-state index in [4.69, 9.17) is 5.11 Å². The fourth-order valence-corrected chi connectivity index (χ4v) is 1.83. The van der Waals surface area contributed by atoms with Gasteiger partial charge in [-0.25, -0.2) is 15.0 Å². The van der Waals surface area contributed by atoms with Crippen molar-refractivity contribution in [2.24, 2.45) is 11.8 Å². The van der Waals surface area contributed by atoms with Crippen molar-refractivity contribution in [2.75, 3.05) is 5.32 Å². The summed E-state index contributed by atoms with van der Waals surface area (Å²) < 4.78 is 0. The van der Waals surface area contributed by atoms with Gasteiger partial charge in [0.2, 0.25) is 5.91 Å². The van der Waals surface area contributed by atoms with Gasteiger partial charge in [0, 0.05) is 0 Å². The summed E-state index contributed by atoms with van der Waals surface area (Å²) in [7, 11) is 0. The molecule has 8 heteroatoms. The molecule has 1 saturated carbocycles. The van der Waals surface area contributed by atoms with Gasteiger partial charge < -0.3 is 15.4 Å². The summed E-state index contributed by atoms with van der Waals surface area (Å²) in [5, 5.41) is 11.3. The van der Waals surface area contributed by atoms with E-state index < -0.39 is 17.8 Å². The number of carboxylic acids is 1. The second-order valence-electron chi connectivity index (χ2n) is 4.10. The first-order valence-electron chi connectivity index (χ1n) is 5.34. The third-order valence-corrected chi connectivity index (χ3v) is 2.91. The lowest BCUT2D eigenvalue weighted by Crippen LogP contribution is -2.17. The van der Waals surface area contributed by atoms with Gasteiger partial charge in [-0.15, -0.1) is 0 Å². The molecule has 1 aliphatic rings. The number of carbonyl (C=O) groups is 2. The van der Waals surface area contributed by atoms with E-state index in [0.29, 0.717) is 23.4 Å². The van der Waals surface area contributed by atoms with Crippen LogP contribution in [0.15, 0.2) is 12.7 Å². The van der Waals surface area contributed by atoms with Gasteiger partial charge >= 0.3 is 5.97 Å². The zero-order valence-corrected chi connectivity index (χ0v) is 9.12. The van der Waals surface area contributed by atoms with Gasteiger partial charge in [0.15, 0.2) is 11.5 Å². The maximum absolute atomic E-state index is 11.8. The highest BCUT2D eigenvalue weighted by atomic mass is 16.4. The Kier molecular flexibility index (Phi) is 2.22. The third kappa shape index (κ3) is 1.67. The summed E-state index contributed by atoms with van der Waals surface area (Å²) in [6, 6.07) is 0. The van der Waals surface area contributed by atoms with Crippen LogP contribution in [0.25, 0.3) is 11.2 Å². The lowest BCUT2D eigenvalue weighted by molar-refractivity contribution is -0.139. The van der Waals surface area contributed by atoms with Crippen LogP contribution in [0.5, 0.6) is 0 Å². The molecule has 2 aromatic rings. The van der Waals surface area contributed by atoms with E-state index >= 15 is 0 Å². The molecule has 0 aromatic carbocycles. The van der Waals surface area contributed by atoms with Gasteiger partial charge in [-0.3, -0.25) is 9.59 Å². The molecule has 1 amide bonds. The number of anilines is 1. The van der Waals surface area contributed by atoms with Crippen LogP contribution in [0.3, 0.4) is 0 Å². The van der Waals surface area contributed by atoms with Crippen LogP contribution < -0.4 is 5.32 Å². The van der Waals surface area contributed by atoms with Crippen molar-refractivity contribution in [1.29, 1.82) is 0 Å². The first-order chi connectivity index (χ1) is 8.66. The van der Waals surface area contributed by atoms with Gasteiger partial charge in [0.1, 0.15) is 11.8 Å². The number of aliphatic carboxylic acids is 1. The van der Waals surface area contributed by atoms with E-state index in [1.165, 1.54) is 12.7 Å². The number of rotatable bonds is 3. The number of nitrogens with zero attached hydrogens (tertiary/aromatic N) is 3. The molecule has 3 N–H and O–H groups in total. The summed E-state index contributed by atoms with van der Waals surface area (Å²) in [6.07, 6.45) is 3.12. The SMILES string of the molecule is O=C(O)C1CC1C(=O)Nc1ncnc2nc[nH]c12. The van der Waals surface area contributed by atoms with Gasteiger partial charge in [-0.05, 0) is 6.42 Å². The van der Waals surface area contributed by atoms with Crippen molar-refractivity contribution in [2.45, 2.75) is 6.42 Å². The van der Waals surface area contributed by atoms with Crippen LogP contribution in [-0.2, 0) is 9.59 Å². The summed E-state index contributed by atoms with van der Waals surface area (Å²) in [6.45, 7) is 0. The molecule has 2 atom stereocenters. The highest BCUT2D eigenvalue weighted by Gasteiger charge is 2.48. The lowest BCUT2D eigenvalue weighted by atomic mass is 10.3. The van der Waals surface area contributed by atoms with Gasteiger partial charge in [-0.1, -0.05) is 0 Å². The number of nitrogens with one attached hydrogen (secondary N) is 2. The van der Waals surface area contributed by atoms with Crippen molar-refractivity contribution >= 4 is 28.9 Å². The fourth-order valence-electron chi connectivity index (χ4n) is 1.83. The molecule has 8 nitrogen and oxygen atoms in total. The van der Waals surface area contributed by atoms with E-state index in [9.17, 15) is 9.59 Å². The van der Waals surface area contributed by atoms with Crippen molar-refractivity contribution in [3.63, 3.8) is 0 Å². The first kappa shape index (κ1) is 10.6. The Hall–Kier alpha value is -2.51. The maximum Gasteiger partial charge on any atom is 0.307 e. The number of carbonyl (C=O) groups excluding carboxylic acids is 1. The van der Waals surface area contributed by atoms with E-state index in [1.54, 1.807) is 0 Å². The highest BCUT2D eigenvalue weighted by molar-refractivity contribution is 6.01. The summed E-state index contributed by atoms with van der Waals surface area (Å²) in [4.78, 5) is 37.1. The van der Waals surface area contributed by atoms with Gasteiger partial charge in [-0.2, -0.15) is 0 Å². The van der Waals surface area contributed by atoms with Crippen LogP contribution in [-0.4, -0.2) is 36.9 Å². The average molecular weight is 247 g/mol. The fraction of sp³-hybridized carbons (Fsp3) is 0.300. The smallest absolute Gasteiger partial charge is 0.307 e. The second-order valence-corrected chi connectivity index (χ2v) is 4.10. The molecule has 0 radical (unpaired) electrons. The average Bonchev–Trinajstić information content (AvgIpc) is 3.01. The quantitative estimate of drug-likeness (QED) is 0.702. The molecular formula is C10H9N5O3. The number of fused-ring (bicyclic) bond motifs is 1.